The summed E-state index contributed by atoms with van der Waals surface area (Å²) in [5, 5.41) is 0.860. The number of hydrogen-bond acceptors (Lipinski definition) is 3. The SMILES string of the molecule is COc1cc2ccccc2oc1=O.Cl. The van der Waals surface area contributed by atoms with Crippen molar-refractivity contribution in [3.63, 3.8) is 0 Å². The van der Waals surface area contributed by atoms with E-state index in [-0.39, 0.29) is 18.2 Å². The fourth-order valence-electron chi connectivity index (χ4n) is 1.19. The summed E-state index contributed by atoms with van der Waals surface area (Å²) in [6.45, 7) is 0. The van der Waals surface area contributed by atoms with Crippen LogP contribution in [0.2, 0.25) is 0 Å². The minimum absolute atomic E-state index is 0. The van der Waals surface area contributed by atoms with Gasteiger partial charge in [-0.3, -0.25) is 0 Å². The standard InChI is InChI=1S/C10H8O3.ClH/c1-12-9-6-7-4-2-3-5-8(7)13-10(9)11;/h2-6H,1H3;1H. The highest BCUT2D eigenvalue weighted by Crippen LogP contribution is 2.15. The molecule has 0 atom stereocenters. The van der Waals surface area contributed by atoms with Crippen LogP contribution in [0.5, 0.6) is 5.75 Å². The zero-order valence-electron chi connectivity index (χ0n) is 7.52. The van der Waals surface area contributed by atoms with Crippen molar-refractivity contribution in [1.29, 1.82) is 0 Å². The molecule has 2 rings (SSSR count). The zero-order chi connectivity index (χ0) is 9.26. The van der Waals surface area contributed by atoms with Gasteiger partial charge in [-0.1, -0.05) is 18.2 Å². The maximum atomic E-state index is 11.2. The number of para-hydroxylation sites is 1. The monoisotopic (exact) mass is 212 g/mol. The van der Waals surface area contributed by atoms with Crippen LogP contribution in [0.15, 0.2) is 39.5 Å². The van der Waals surface area contributed by atoms with E-state index in [9.17, 15) is 4.79 Å². The van der Waals surface area contributed by atoms with Gasteiger partial charge in [0.1, 0.15) is 5.58 Å². The Morgan fingerprint density at radius 1 is 1.29 bits per heavy atom. The molecule has 0 saturated carbocycles. The Morgan fingerprint density at radius 2 is 2.00 bits per heavy atom. The van der Waals surface area contributed by atoms with Crippen molar-refractivity contribution in [2.75, 3.05) is 7.11 Å². The molecule has 0 N–H and O–H groups in total. The number of ether oxygens (including phenoxy) is 1. The van der Waals surface area contributed by atoms with Gasteiger partial charge in [0.05, 0.1) is 7.11 Å². The number of hydrogen-bond donors (Lipinski definition) is 0. The Labute approximate surface area is 86.7 Å². The number of halogens is 1. The molecular formula is C10H9ClO3. The van der Waals surface area contributed by atoms with Crippen molar-refractivity contribution in [3.8, 4) is 5.75 Å². The lowest BCUT2D eigenvalue weighted by Crippen LogP contribution is -2.02. The van der Waals surface area contributed by atoms with Crippen LogP contribution in [0.25, 0.3) is 11.0 Å². The Hall–Kier alpha value is -1.48. The molecule has 1 heterocycles. The van der Waals surface area contributed by atoms with Crippen LogP contribution in [0.1, 0.15) is 0 Å². The topological polar surface area (TPSA) is 39.4 Å². The molecule has 1 aromatic heterocycles. The average molecular weight is 213 g/mol. The smallest absolute Gasteiger partial charge is 0.379 e. The first-order valence-corrected chi connectivity index (χ1v) is 3.88. The van der Waals surface area contributed by atoms with Gasteiger partial charge >= 0.3 is 5.63 Å². The summed E-state index contributed by atoms with van der Waals surface area (Å²) in [7, 11) is 1.45. The zero-order valence-corrected chi connectivity index (χ0v) is 8.34. The van der Waals surface area contributed by atoms with Gasteiger partial charge in [0, 0.05) is 5.39 Å². The van der Waals surface area contributed by atoms with Crippen LogP contribution in [-0.2, 0) is 0 Å². The largest absolute Gasteiger partial charge is 0.490 e. The van der Waals surface area contributed by atoms with Crippen molar-refractivity contribution in [3.05, 3.63) is 40.8 Å². The summed E-state index contributed by atoms with van der Waals surface area (Å²) in [5.74, 6) is 0.235. The van der Waals surface area contributed by atoms with Gasteiger partial charge in [0.2, 0.25) is 5.75 Å². The molecular weight excluding hydrogens is 204 g/mol. The lowest BCUT2D eigenvalue weighted by molar-refractivity contribution is 0.385. The quantitative estimate of drug-likeness (QED) is 0.681. The van der Waals surface area contributed by atoms with Gasteiger partial charge in [-0.05, 0) is 12.1 Å². The van der Waals surface area contributed by atoms with Crippen LogP contribution < -0.4 is 10.4 Å². The van der Waals surface area contributed by atoms with Gasteiger partial charge in [0.25, 0.3) is 0 Å². The molecule has 0 aliphatic heterocycles. The van der Waals surface area contributed by atoms with E-state index < -0.39 is 5.63 Å². The highest BCUT2D eigenvalue weighted by molar-refractivity contribution is 5.85. The number of fused-ring (bicyclic) bond motifs is 1. The summed E-state index contributed by atoms with van der Waals surface area (Å²) in [6, 6.07) is 8.97. The fourth-order valence-corrected chi connectivity index (χ4v) is 1.19. The van der Waals surface area contributed by atoms with Crippen molar-refractivity contribution in [2.45, 2.75) is 0 Å². The van der Waals surface area contributed by atoms with Crippen molar-refractivity contribution in [1.82, 2.24) is 0 Å². The average Bonchev–Trinajstić information content (AvgIpc) is 2.17. The molecule has 74 valence electrons. The molecule has 0 fully saturated rings. The first-order chi connectivity index (χ1) is 6.31. The maximum absolute atomic E-state index is 11.2. The highest BCUT2D eigenvalue weighted by Gasteiger charge is 2.02. The third kappa shape index (κ3) is 1.72. The Morgan fingerprint density at radius 3 is 2.71 bits per heavy atom. The maximum Gasteiger partial charge on any atom is 0.379 e. The summed E-state index contributed by atoms with van der Waals surface area (Å²) in [5.41, 5.74) is 0.134. The van der Waals surface area contributed by atoms with E-state index in [0.29, 0.717) is 5.58 Å². The normalized spacial score (nSPS) is 9.50. The molecule has 0 aliphatic rings. The van der Waals surface area contributed by atoms with Crippen molar-refractivity contribution in [2.24, 2.45) is 0 Å². The second-order valence-corrected chi connectivity index (χ2v) is 2.64. The summed E-state index contributed by atoms with van der Waals surface area (Å²) < 4.78 is 9.85. The number of rotatable bonds is 1. The predicted octanol–water partition coefficient (Wildman–Crippen LogP) is 2.22. The van der Waals surface area contributed by atoms with E-state index in [2.05, 4.69) is 0 Å². The van der Waals surface area contributed by atoms with E-state index in [4.69, 9.17) is 9.15 Å². The van der Waals surface area contributed by atoms with Gasteiger partial charge in [-0.15, -0.1) is 12.4 Å². The van der Waals surface area contributed by atoms with Crippen LogP contribution in [0.4, 0.5) is 0 Å². The van der Waals surface area contributed by atoms with Crippen LogP contribution in [-0.4, -0.2) is 7.11 Å². The minimum atomic E-state index is -0.443. The summed E-state index contributed by atoms with van der Waals surface area (Å²) >= 11 is 0. The first kappa shape index (κ1) is 10.6. The predicted molar refractivity (Wildman–Crippen MR) is 56.3 cm³/mol. The molecule has 3 nitrogen and oxygen atoms in total. The highest BCUT2D eigenvalue weighted by atomic mass is 35.5. The van der Waals surface area contributed by atoms with Gasteiger partial charge in [0.15, 0.2) is 0 Å². The molecule has 0 radical (unpaired) electrons. The lowest BCUT2D eigenvalue weighted by Gasteiger charge is -1.99. The molecule has 0 spiro atoms. The van der Waals surface area contributed by atoms with Gasteiger partial charge < -0.3 is 9.15 Å². The summed E-state index contributed by atoms with van der Waals surface area (Å²) in [4.78, 5) is 11.2. The van der Waals surface area contributed by atoms with Gasteiger partial charge in [-0.2, -0.15) is 0 Å². The third-order valence-electron chi connectivity index (χ3n) is 1.83. The molecule has 0 saturated heterocycles. The van der Waals surface area contributed by atoms with Crippen LogP contribution in [0.3, 0.4) is 0 Å². The van der Waals surface area contributed by atoms with Crippen molar-refractivity contribution >= 4 is 23.4 Å². The van der Waals surface area contributed by atoms with Crippen LogP contribution >= 0.6 is 12.4 Å². The minimum Gasteiger partial charge on any atom is -0.490 e. The second-order valence-electron chi connectivity index (χ2n) is 2.64. The van der Waals surface area contributed by atoms with E-state index in [1.54, 1.807) is 12.1 Å². The molecule has 1 aromatic carbocycles. The Kier molecular flexibility index (Phi) is 3.14. The van der Waals surface area contributed by atoms with Crippen molar-refractivity contribution < 1.29 is 9.15 Å². The van der Waals surface area contributed by atoms with E-state index in [0.717, 1.165) is 5.39 Å². The fraction of sp³-hybridized carbons (Fsp3) is 0.100. The second kappa shape index (κ2) is 4.15. The summed E-state index contributed by atoms with van der Waals surface area (Å²) in [6.07, 6.45) is 0. The van der Waals surface area contributed by atoms with E-state index in [1.165, 1.54) is 7.11 Å². The first-order valence-electron chi connectivity index (χ1n) is 3.88. The molecule has 2 aromatic rings. The molecule has 4 heteroatoms. The molecule has 0 unspecified atom stereocenters. The number of methoxy groups -OCH3 is 1. The van der Waals surface area contributed by atoms with E-state index in [1.807, 2.05) is 18.2 Å². The lowest BCUT2D eigenvalue weighted by atomic mass is 10.2. The molecule has 0 aliphatic carbocycles. The number of benzene rings is 1. The Bertz CT molecular complexity index is 490. The Balaban J connectivity index is 0.000000980. The third-order valence-corrected chi connectivity index (χ3v) is 1.83. The molecule has 14 heavy (non-hydrogen) atoms. The molecule has 0 bridgehead atoms. The molecule has 0 amide bonds. The van der Waals surface area contributed by atoms with E-state index >= 15 is 0 Å². The van der Waals surface area contributed by atoms with Crippen LogP contribution in [0, 0.1) is 0 Å². The van der Waals surface area contributed by atoms with Gasteiger partial charge in [-0.25, -0.2) is 4.79 Å².